The van der Waals surface area contributed by atoms with Gasteiger partial charge in [-0.05, 0) is 12.8 Å². The first kappa shape index (κ1) is 14.8. The van der Waals surface area contributed by atoms with Gasteiger partial charge in [-0.25, -0.2) is 9.97 Å². The fourth-order valence-electron chi connectivity index (χ4n) is 3.53. The molecule has 0 radical (unpaired) electrons. The highest BCUT2D eigenvalue weighted by Gasteiger charge is 2.40. The smallest absolute Gasteiger partial charge is 0.256 e. The molecule has 0 aromatic carbocycles. The summed E-state index contributed by atoms with van der Waals surface area (Å²) in [6.45, 7) is 4.66. The van der Waals surface area contributed by atoms with Crippen molar-refractivity contribution in [2.24, 2.45) is 0 Å². The van der Waals surface area contributed by atoms with Crippen LogP contribution >= 0.6 is 0 Å². The molecule has 7 heteroatoms. The molecule has 3 aliphatic rings. The van der Waals surface area contributed by atoms with Gasteiger partial charge in [0.1, 0.15) is 0 Å². The topological polar surface area (TPSA) is 67.8 Å². The van der Waals surface area contributed by atoms with Crippen molar-refractivity contribution in [3.63, 3.8) is 0 Å². The molecule has 7 nitrogen and oxygen atoms in total. The van der Waals surface area contributed by atoms with E-state index >= 15 is 0 Å². The van der Waals surface area contributed by atoms with Gasteiger partial charge in [0.15, 0.2) is 5.79 Å². The van der Waals surface area contributed by atoms with Crippen LogP contribution in [0, 0.1) is 0 Å². The van der Waals surface area contributed by atoms with E-state index in [0.29, 0.717) is 24.7 Å². The second-order valence-electron chi connectivity index (χ2n) is 6.37. The Bertz CT molecular complexity index is 555. The molecule has 1 aromatic heterocycles. The molecule has 3 saturated heterocycles. The highest BCUT2D eigenvalue weighted by atomic mass is 16.7. The van der Waals surface area contributed by atoms with E-state index in [1.807, 2.05) is 4.90 Å². The molecular formula is C16H22N4O3. The number of anilines is 1. The van der Waals surface area contributed by atoms with Crippen molar-refractivity contribution in [1.82, 2.24) is 14.9 Å². The number of rotatable bonds is 2. The minimum Gasteiger partial charge on any atom is -0.347 e. The molecule has 4 heterocycles. The summed E-state index contributed by atoms with van der Waals surface area (Å²) in [7, 11) is 0. The number of amides is 1. The average Bonchev–Trinajstić information content (AvgIpc) is 3.28. The number of likely N-dealkylation sites (tertiary alicyclic amines) is 1. The molecule has 0 aliphatic carbocycles. The van der Waals surface area contributed by atoms with Crippen LogP contribution in [-0.4, -0.2) is 66.0 Å². The maximum Gasteiger partial charge on any atom is 0.256 e. The molecule has 124 valence electrons. The zero-order chi connectivity index (χ0) is 15.7. The van der Waals surface area contributed by atoms with E-state index in [-0.39, 0.29) is 11.7 Å². The fraction of sp³-hybridized carbons (Fsp3) is 0.688. The first-order valence-corrected chi connectivity index (χ1v) is 8.40. The van der Waals surface area contributed by atoms with E-state index in [1.165, 1.54) is 0 Å². The summed E-state index contributed by atoms with van der Waals surface area (Å²) in [6, 6.07) is 0. The average molecular weight is 318 g/mol. The molecule has 3 fully saturated rings. The number of hydrogen-bond acceptors (Lipinski definition) is 6. The van der Waals surface area contributed by atoms with E-state index in [1.54, 1.807) is 12.4 Å². The Labute approximate surface area is 135 Å². The van der Waals surface area contributed by atoms with Crippen LogP contribution in [0.25, 0.3) is 0 Å². The summed E-state index contributed by atoms with van der Waals surface area (Å²) in [5.74, 6) is 0.331. The molecule has 3 aliphatic heterocycles. The Kier molecular flexibility index (Phi) is 3.90. The van der Waals surface area contributed by atoms with Crippen molar-refractivity contribution in [1.29, 1.82) is 0 Å². The highest BCUT2D eigenvalue weighted by Crippen LogP contribution is 2.32. The van der Waals surface area contributed by atoms with Gasteiger partial charge in [0.2, 0.25) is 5.95 Å². The van der Waals surface area contributed by atoms with Gasteiger partial charge in [-0.3, -0.25) is 4.79 Å². The first-order chi connectivity index (χ1) is 11.3. The molecule has 0 atom stereocenters. The number of hydrogen-bond donors (Lipinski definition) is 0. The molecule has 0 saturated carbocycles. The number of nitrogens with zero attached hydrogens (tertiary/aromatic N) is 4. The lowest BCUT2D eigenvalue weighted by atomic mass is 10.0. The summed E-state index contributed by atoms with van der Waals surface area (Å²) in [4.78, 5) is 25.1. The van der Waals surface area contributed by atoms with Crippen molar-refractivity contribution in [3.8, 4) is 0 Å². The predicted octanol–water partition coefficient (Wildman–Crippen LogP) is 1.06. The van der Waals surface area contributed by atoms with E-state index in [4.69, 9.17) is 9.47 Å². The molecule has 23 heavy (non-hydrogen) atoms. The van der Waals surface area contributed by atoms with Crippen molar-refractivity contribution in [2.75, 3.05) is 44.3 Å². The molecular weight excluding hydrogens is 296 g/mol. The SMILES string of the molecule is O=C(c1cnc(N2CCC3(CC2)OCCO3)nc1)N1CCCC1. The quantitative estimate of drug-likeness (QED) is 0.812. The fourth-order valence-corrected chi connectivity index (χ4v) is 3.53. The summed E-state index contributed by atoms with van der Waals surface area (Å²) in [6.07, 6.45) is 7.12. The van der Waals surface area contributed by atoms with Gasteiger partial charge >= 0.3 is 0 Å². The van der Waals surface area contributed by atoms with Gasteiger partial charge in [-0.1, -0.05) is 0 Å². The van der Waals surface area contributed by atoms with E-state index < -0.39 is 0 Å². The van der Waals surface area contributed by atoms with Crippen molar-refractivity contribution in [2.45, 2.75) is 31.5 Å². The van der Waals surface area contributed by atoms with Gasteiger partial charge in [-0.15, -0.1) is 0 Å². The Morgan fingerprint density at radius 1 is 1.00 bits per heavy atom. The third-order valence-corrected chi connectivity index (χ3v) is 4.90. The van der Waals surface area contributed by atoms with Crippen LogP contribution in [0.3, 0.4) is 0 Å². The number of piperidine rings is 1. The molecule has 1 amide bonds. The van der Waals surface area contributed by atoms with Crippen LogP contribution in [0.1, 0.15) is 36.0 Å². The Morgan fingerprint density at radius 3 is 2.22 bits per heavy atom. The summed E-state index contributed by atoms with van der Waals surface area (Å²) in [5.41, 5.74) is 0.576. The molecule has 0 unspecified atom stereocenters. The lowest BCUT2D eigenvalue weighted by Crippen LogP contribution is -2.45. The van der Waals surface area contributed by atoms with E-state index in [9.17, 15) is 4.79 Å². The standard InChI is InChI=1S/C16H22N4O3/c21-14(19-5-1-2-6-19)13-11-17-15(18-12-13)20-7-3-16(4-8-20)22-9-10-23-16/h11-12H,1-10H2. The zero-order valence-electron chi connectivity index (χ0n) is 13.2. The van der Waals surface area contributed by atoms with Crippen LogP contribution in [0.5, 0.6) is 0 Å². The Balaban J connectivity index is 1.39. The van der Waals surface area contributed by atoms with Crippen LogP contribution in [-0.2, 0) is 9.47 Å². The maximum atomic E-state index is 12.3. The summed E-state index contributed by atoms with van der Waals surface area (Å²) < 4.78 is 11.5. The monoisotopic (exact) mass is 318 g/mol. The van der Waals surface area contributed by atoms with Crippen molar-refractivity contribution in [3.05, 3.63) is 18.0 Å². The zero-order valence-corrected chi connectivity index (χ0v) is 13.2. The third kappa shape index (κ3) is 2.90. The lowest BCUT2D eigenvalue weighted by molar-refractivity contribution is -0.169. The third-order valence-electron chi connectivity index (χ3n) is 4.90. The second-order valence-corrected chi connectivity index (χ2v) is 6.37. The Hall–Kier alpha value is -1.73. The van der Waals surface area contributed by atoms with E-state index in [2.05, 4.69) is 14.9 Å². The molecule has 1 spiro atoms. The van der Waals surface area contributed by atoms with Gasteiger partial charge in [0, 0.05) is 51.4 Å². The molecule has 0 N–H and O–H groups in total. The minimum atomic E-state index is -0.387. The van der Waals surface area contributed by atoms with Crippen LogP contribution in [0.4, 0.5) is 5.95 Å². The Morgan fingerprint density at radius 2 is 1.61 bits per heavy atom. The molecule has 4 rings (SSSR count). The van der Waals surface area contributed by atoms with Crippen LogP contribution < -0.4 is 4.90 Å². The minimum absolute atomic E-state index is 0.0411. The van der Waals surface area contributed by atoms with Gasteiger partial charge in [0.25, 0.3) is 5.91 Å². The maximum absolute atomic E-state index is 12.3. The first-order valence-electron chi connectivity index (χ1n) is 8.40. The molecule has 0 bridgehead atoms. The normalized spacial score (nSPS) is 23.7. The number of aromatic nitrogens is 2. The van der Waals surface area contributed by atoms with Gasteiger partial charge in [-0.2, -0.15) is 0 Å². The van der Waals surface area contributed by atoms with E-state index in [0.717, 1.165) is 51.9 Å². The number of ether oxygens (including phenoxy) is 2. The summed E-state index contributed by atoms with van der Waals surface area (Å²) >= 11 is 0. The van der Waals surface area contributed by atoms with Gasteiger partial charge in [0.05, 0.1) is 18.8 Å². The van der Waals surface area contributed by atoms with Crippen molar-refractivity contribution >= 4 is 11.9 Å². The second kappa shape index (κ2) is 6.05. The lowest BCUT2D eigenvalue weighted by Gasteiger charge is -2.37. The highest BCUT2D eigenvalue weighted by molar-refractivity contribution is 5.93. The molecule has 1 aromatic rings. The number of carbonyl (C=O) groups excluding carboxylic acids is 1. The van der Waals surface area contributed by atoms with Gasteiger partial charge < -0.3 is 19.3 Å². The van der Waals surface area contributed by atoms with Crippen molar-refractivity contribution < 1.29 is 14.3 Å². The summed E-state index contributed by atoms with van der Waals surface area (Å²) in [5, 5.41) is 0. The number of carbonyl (C=O) groups is 1. The predicted molar refractivity (Wildman–Crippen MR) is 83.3 cm³/mol. The van der Waals surface area contributed by atoms with Crippen LogP contribution in [0.2, 0.25) is 0 Å². The van der Waals surface area contributed by atoms with Crippen LogP contribution in [0.15, 0.2) is 12.4 Å². The largest absolute Gasteiger partial charge is 0.347 e.